The van der Waals surface area contributed by atoms with Gasteiger partial charge in [-0.2, -0.15) is 18.3 Å². The Morgan fingerprint density at radius 1 is 1.32 bits per heavy atom. The van der Waals surface area contributed by atoms with Crippen LogP contribution in [0.5, 0.6) is 0 Å². The van der Waals surface area contributed by atoms with Crippen LogP contribution in [-0.2, 0) is 0 Å². The molecule has 3 heterocycles. The molecular formula is C18H20BrF3N4OS. The second-order valence-electron chi connectivity index (χ2n) is 7.27. The van der Waals surface area contributed by atoms with Crippen LogP contribution in [0.2, 0.25) is 0 Å². The van der Waals surface area contributed by atoms with Crippen LogP contribution in [0.3, 0.4) is 0 Å². The van der Waals surface area contributed by atoms with Crippen molar-refractivity contribution in [3.8, 4) is 0 Å². The van der Waals surface area contributed by atoms with Gasteiger partial charge in [-0.25, -0.2) is 4.68 Å². The SMILES string of the molecule is O=C(NC1CCCCC1)c1nn2c(c1Br)N[C@H](c1cccs1)C[C@@H]2C(F)(F)F. The van der Waals surface area contributed by atoms with E-state index in [0.717, 1.165) is 41.7 Å². The van der Waals surface area contributed by atoms with Gasteiger partial charge >= 0.3 is 6.18 Å². The van der Waals surface area contributed by atoms with Gasteiger partial charge in [-0.3, -0.25) is 4.79 Å². The summed E-state index contributed by atoms with van der Waals surface area (Å²) in [7, 11) is 0. The molecular weight excluding hydrogens is 457 g/mol. The number of halogens is 4. The first-order chi connectivity index (χ1) is 13.3. The number of aromatic nitrogens is 2. The average Bonchev–Trinajstić information content (AvgIpc) is 3.30. The largest absolute Gasteiger partial charge is 0.410 e. The summed E-state index contributed by atoms with van der Waals surface area (Å²) < 4.78 is 42.4. The topological polar surface area (TPSA) is 59.0 Å². The number of nitrogens with one attached hydrogen (secondary N) is 2. The van der Waals surface area contributed by atoms with Crippen LogP contribution in [0.4, 0.5) is 19.0 Å². The lowest BCUT2D eigenvalue weighted by Crippen LogP contribution is -2.37. The third kappa shape index (κ3) is 3.80. The lowest BCUT2D eigenvalue weighted by molar-refractivity contribution is -0.173. The van der Waals surface area contributed by atoms with Crippen LogP contribution < -0.4 is 10.6 Å². The van der Waals surface area contributed by atoms with Gasteiger partial charge in [0.2, 0.25) is 0 Å². The third-order valence-electron chi connectivity index (χ3n) is 5.34. The fraction of sp³-hybridized carbons (Fsp3) is 0.556. The van der Waals surface area contributed by atoms with Gasteiger partial charge in [0.15, 0.2) is 11.7 Å². The maximum Gasteiger partial charge on any atom is 0.410 e. The van der Waals surface area contributed by atoms with Gasteiger partial charge in [0, 0.05) is 17.3 Å². The number of alkyl halides is 3. The fourth-order valence-electron chi connectivity index (χ4n) is 3.91. The number of amides is 1. The summed E-state index contributed by atoms with van der Waals surface area (Å²) in [6, 6.07) is 1.41. The summed E-state index contributed by atoms with van der Waals surface area (Å²) in [4.78, 5) is 13.5. The number of thiophene rings is 1. The van der Waals surface area contributed by atoms with E-state index in [1.54, 1.807) is 0 Å². The monoisotopic (exact) mass is 476 g/mol. The van der Waals surface area contributed by atoms with E-state index in [4.69, 9.17) is 0 Å². The second kappa shape index (κ2) is 7.70. The Hall–Kier alpha value is -1.55. The van der Waals surface area contributed by atoms with Gasteiger partial charge in [0.1, 0.15) is 5.82 Å². The highest BCUT2D eigenvalue weighted by Crippen LogP contribution is 2.46. The Kier molecular flexibility index (Phi) is 5.43. The van der Waals surface area contributed by atoms with Gasteiger partial charge in [0.25, 0.3) is 5.91 Å². The Bertz CT molecular complexity index is 846. The molecule has 1 fully saturated rings. The molecule has 2 aliphatic rings. The molecule has 1 aliphatic carbocycles. The van der Waals surface area contributed by atoms with Crippen molar-refractivity contribution in [3.05, 3.63) is 32.6 Å². The molecule has 2 N–H and O–H groups in total. The van der Waals surface area contributed by atoms with Crippen LogP contribution in [0, 0.1) is 0 Å². The molecule has 4 rings (SSSR count). The van der Waals surface area contributed by atoms with Crippen molar-refractivity contribution in [1.29, 1.82) is 0 Å². The van der Waals surface area contributed by atoms with Crippen molar-refractivity contribution in [2.45, 2.75) is 62.8 Å². The Morgan fingerprint density at radius 2 is 2.07 bits per heavy atom. The number of rotatable bonds is 3. The summed E-state index contributed by atoms with van der Waals surface area (Å²) in [6.07, 6.45) is 0.388. The maximum atomic E-state index is 13.7. The molecule has 152 valence electrons. The molecule has 0 aromatic carbocycles. The van der Waals surface area contributed by atoms with Gasteiger partial charge in [-0.15, -0.1) is 11.3 Å². The van der Waals surface area contributed by atoms with Crippen molar-refractivity contribution < 1.29 is 18.0 Å². The highest BCUT2D eigenvalue weighted by molar-refractivity contribution is 9.10. The van der Waals surface area contributed by atoms with E-state index in [9.17, 15) is 18.0 Å². The maximum absolute atomic E-state index is 13.7. The van der Waals surface area contributed by atoms with E-state index in [0.29, 0.717) is 0 Å². The number of carbonyl (C=O) groups is 1. The fourth-order valence-corrected chi connectivity index (χ4v) is 5.26. The molecule has 2 aromatic rings. The predicted octanol–water partition coefficient (Wildman–Crippen LogP) is 5.43. The number of nitrogens with zero attached hydrogens (tertiary/aromatic N) is 2. The van der Waals surface area contributed by atoms with Gasteiger partial charge in [0.05, 0.1) is 10.5 Å². The predicted molar refractivity (Wildman–Crippen MR) is 105 cm³/mol. The highest BCUT2D eigenvalue weighted by atomic mass is 79.9. The van der Waals surface area contributed by atoms with Crippen LogP contribution in [0.1, 0.15) is 66.0 Å². The van der Waals surface area contributed by atoms with Crippen LogP contribution in [0.15, 0.2) is 22.0 Å². The van der Waals surface area contributed by atoms with Crippen molar-refractivity contribution >= 4 is 39.0 Å². The van der Waals surface area contributed by atoms with Crippen LogP contribution >= 0.6 is 27.3 Å². The average molecular weight is 477 g/mol. The summed E-state index contributed by atoms with van der Waals surface area (Å²) >= 11 is 4.72. The number of hydrogen-bond acceptors (Lipinski definition) is 4. The summed E-state index contributed by atoms with van der Waals surface area (Å²) in [6.45, 7) is 0. The molecule has 0 radical (unpaired) electrons. The minimum Gasteiger partial charge on any atom is -0.362 e. The van der Waals surface area contributed by atoms with E-state index < -0.39 is 24.2 Å². The van der Waals surface area contributed by atoms with Gasteiger partial charge in [-0.05, 0) is 40.2 Å². The number of anilines is 1. The molecule has 0 saturated heterocycles. The summed E-state index contributed by atoms with van der Waals surface area (Å²) in [5.41, 5.74) is -0.00541. The van der Waals surface area contributed by atoms with Gasteiger partial charge in [-0.1, -0.05) is 25.3 Å². The highest BCUT2D eigenvalue weighted by Gasteiger charge is 2.48. The minimum absolute atomic E-state index is 0.00541. The Labute approximate surface area is 172 Å². The molecule has 2 aromatic heterocycles. The van der Waals surface area contributed by atoms with Crippen molar-refractivity contribution in [1.82, 2.24) is 15.1 Å². The molecule has 0 spiro atoms. The summed E-state index contributed by atoms with van der Waals surface area (Å²) in [5, 5.41) is 12.0. The Balaban J connectivity index is 1.65. The molecule has 28 heavy (non-hydrogen) atoms. The molecule has 1 saturated carbocycles. The quantitative estimate of drug-likeness (QED) is 0.620. The summed E-state index contributed by atoms with van der Waals surface area (Å²) in [5.74, 6) is -0.239. The molecule has 2 atom stereocenters. The molecule has 5 nitrogen and oxygen atoms in total. The van der Waals surface area contributed by atoms with Crippen LogP contribution in [-0.4, -0.2) is 27.9 Å². The zero-order valence-corrected chi connectivity index (χ0v) is 17.3. The van der Waals surface area contributed by atoms with E-state index in [2.05, 4.69) is 31.7 Å². The lowest BCUT2D eigenvalue weighted by Gasteiger charge is -2.33. The van der Waals surface area contributed by atoms with Gasteiger partial charge < -0.3 is 10.6 Å². The molecule has 1 amide bonds. The van der Waals surface area contributed by atoms with Crippen molar-refractivity contribution in [2.24, 2.45) is 0 Å². The standard InChI is InChI=1S/C18H20BrF3N4OS/c19-14-15(17(27)23-10-5-2-1-3-6-10)25-26-13(18(20,21)22)9-11(24-16(14)26)12-7-4-8-28-12/h4,7-8,10-11,13,24H,1-3,5-6,9H2,(H,23,27)/t11-,13+/m0/s1. The molecule has 10 heteroatoms. The molecule has 1 aliphatic heterocycles. The van der Waals surface area contributed by atoms with Crippen LogP contribution in [0.25, 0.3) is 0 Å². The Morgan fingerprint density at radius 3 is 2.71 bits per heavy atom. The van der Waals surface area contributed by atoms with E-state index in [1.165, 1.54) is 11.3 Å². The third-order valence-corrected chi connectivity index (χ3v) is 7.07. The second-order valence-corrected chi connectivity index (χ2v) is 9.04. The first-order valence-electron chi connectivity index (χ1n) is 9.30. The minimum atomic E-state index is -4.46. The van der Waals surface area contributed by atoms with E-state index >= 15 is 0 Å². The smallest absolute Gasteiger partial charge is 0.362 e. The molecule has 0 bridgehead atoms. The number of hydrogen-bond donors (Lipinski definition) is 2. The lowest BCUT2D eigenvalue weighted by atomic mass is 9.95. The van der Waals surface area contributed by atoms with Crippen molar-refractivity contribution in [2.75, 3.05) is 5.32 Å². The number of fused-ring (bicyclic) bond motifs is 1. The zero-order valence-electron chi connectivity index (χ0n) is 14.9. The van der Waals surface area contributed by atoms with E-state index in [-0.39, 0.29) is 28.4 Å². The number of carbonyl (C=O) groups excluding carboxylic acids is 1. The van der Waals surface area contributed by atoms with Crippen molar-refractivity contribution in [3.63, 3.8) is 0 Å². The first kappa shape index (κ1) is 19.8. The molecule has 0 unspecified atom stereocenters. The van der Waals surface area contributed by atoms with E-state index in [1.807, 2.05) is 17.5 Å². The first-order valence-corrected chi connectivity index (χ1v) is 11.0. The zero-order chi connectivity index (χ0) is 19.9. The normalized spacial score (nSPS) is 23.1.